The number of benzene rings is 1. The first kappa shape index (κ1) is 15.5. The second-order valence-electron chi connectivity index (χ2n) is 4.54. The Hall–Kier alpha value is -0.430. The number of fused-ring (bicyclic) bond motifs is 1. The van der Waals surface area contributed by atoms with Crippen LogP contribution in [-0.2, 0) is 13.0 Å². The molecule has 0 aliphatic carbocycles. The molecule has 0 spiro atoms. The van der Waals surface area contributed by atoms with Crippen molar-refractivity contribution < 1.29 is 4.39 Å². The molecule has 0 N–H and O–H groups in total. The SMILES string of the molecule is Fc1cc2c(cc1Br)nc(CCCl)n2Cc1cc(Br)cs1. The molecule has 7 heteroatoms. The third-order valence-corrected chi connectivity index (χ3v) is 5.60. The molecule has 0 atom stereocenters. The summed E-state index contributed by atoms with van der Waals surface area (Å²) >= 11 is 14.2. The maximum absolute atomic E-state index is 13.8. The normalized spacial score (nSPS) is 11.4. The first-order chi connectivity index (χ1) is 10.1. The summed E-state index contributed by atoms with van der Waals surface area (Å²) in [5.74, 6) is 1.08. The Kier molecular flexibility index (Phi) is 4.69. The van der Waals surface area contributed by atoms with E-state index in [0.717, 1.165) is 21.3 Å². The molecule has 0 amide bonds. The monoisotopic (exact) mass is 450 g/mol. The highest BCUT2D eigenvalue weighted by Crippen LogP contribution is 2.27. The lowest BCUT2D eigenvalue weighted by atomic mass is 10.3. The topological polar surface area (TPSA) is 17.8 Å². The van der Waals surface area contributed by atoms with Gasteiger partial charge < -0.3 is 4.57 Å². The van der Waals surface area contributed by atoms with Crippen LogP contribution in [0.2, 0.25) is 0 Å². The fourth-order valence-electron chi connectivity index (χ4n) is 2.21. The second kappa shape index (κ2) is 6.36. The number of thiophene rings is 1. The number of hydrogen-bond acceptors (Lipinski definition) is 2. The van der Waals surface area contributed by atoms with Crippen molar-refractivity contribution in [2.75, 3.05) is 5.88 Å². The van der Waals surface area contributed by atoms with Crippen LogP contribution < -0.4 is 0 Å². The second-order valence-corrected chi connectivity index (χ2v) is 7.68. The van der Waals surface area contributed by atoms with Crippen LogP contribution in [0.15, 0.2) is 32.5 Å². The molecule has 2 heterocycles. The number of halogens is 4. The Balaban J connectivity index is 2.12. The van der Waals surface area contributed by atoms with E-state index in [-0.39, 0.29) is 5.82 Å². The molecule has 0 fully saturated rings. The molecule has 0 unspecified atom stereocenters. The minimum atomic E-state index is -0.284. The van der Waals surface area contributed by atoms with Crippen LogP contribution in [0.4, 0.5) is 4.39 Å². The zero-order valence-corrected chi connectivity index (χ0v) is 15.5. The molecule has 2 nitrogen and oxygen atoms in total. The van der Waals surface area contributed by atoms with Crippen LogP contribution in [0.1, 0.15) is 10.7 Å². The molecule has 3 rings (SSSR count). The smallest absolute Gasteiger partial charge is 0.139 e. The van der Waals surface area contributed by atoms with Gasteiger partial charge in [-0.3, -0.25) is 0 Å². The quantitative estimate of drug-likeness (QED) is 0.472. The number of aromatic nitrogens is 2. The zero-order valence-electron chi connectivity index (χ0n) is 10.7. The van der Waals surface area contributed by atoms with Crippen LogP contribution >= 0.6 is 54.8 Å². The molecule has 0 aliphatic rings. The minimum absolute atomic E-state index is 0.284. The van der Waals surface area contributed by atoms with Crippen LogP contribution in [-0.4, -0.2) is 15.4 Å². The molecule has 1 aromatic carbocycles. The average Bonchev–Trinajstić information content (AvgIpc) is 2.97. The fourth-order valence-corrected chi connectivity index (χ4v) is 4.15. The largest absolute Gasteiger partial charge is 0.323 e. The number of hydrogen-bond donors (Lipinski definition) is 0. The summed E-state index contributed by atoms with van der Waals surface area (Å²) in [6.07, 6.45) is 0.655. The summed E-state index contributed by atoms with van der Waals surface area (Å²) in [6.45, 7) is 0.667. The van der Waals surface area contributed by atoms with E-state index in [9.17, 15) is 4.39 Å². The predicted octanol–water partition coefficient (Wildman–Crippen LogP) is 5.59. The van der Waals surface area contributed by atoms with Crippen molar-refractivity contribution in [1.29, 1.82) is 0 Å². The van der Waals surface area contributed by atoms with Gasteiger partial charge in [-0.15, -0.1) is 22.9 Å². The first-order valence-corrected chi connectivity index (χ1v) is 9.21. The molecule has 2 aromatic heterocycles. The van der Waals surface area contributed by atoms with E-state index in [4.69, 9.17) is 11.6 Å². The standard InChI is InChI=1S/C14H10Br2ClFN2S/c15-8-3-9(21-7-8)6-20-13-5-11(18)10(16)4-12(13)19-14(20)1-2-17/h3-5,7H,1-2,6H2. The summed E-state index contributed by atoms with van der Waals surface area (Å²) in [6, 6.07) is 5.30. The fraction of sp³-hybridized carbons (Fsp3) is 0.214. The lowest BCUT2D eigenvalue weighted by molar-refractivity contribution is 0.621. The minimum Gasteiger partial charge on any atom is -0.323 e. The maximum Gasteiger partial charge on any atom is 0.139 e. The van der Waals surface area contributed by atoms with Gasteiger partial charge in [-0.25, -0.2) is 9.37 Å². The molecule has 0 saturated carbocycles. The highest BCUT2D eigenvalue weighted by atomic mass is 79.9. The Morgan fingerprint density at radius 1 is 1.29 bits per heavy atom. The highest BCUT2D eigenvalue weighted by molar-refractivity contribution is 9.10. The van der Waals surface area contributed by atoms with Gasteiger partial charge in [-0.2, -0.15) is 0 Å². The number of aryl methyl sites for hydroxylation is 1. The van der Waals surface area contributed by atoms with Gasteiger partial charge in [0.05, 0.1) is 22.1 Å². The van der Waals surface area contributed by atoms with Crippen molar-refractivity contribution in [3.05, 3.63) is 49.0 Å². The summed E-state index contributed by atoms with van der Waals surface area (Å²) < 4.78 is 17.4. The molecule has 110 valence electrons. The van der Waals surface area contributed by atoms with Crippen LogP contribution in [0.5, 0.6) is 0 Å². The lowest BCUT2D eigenvalue weighted by Crippen LogP contribution is -2.05. The third kappa shape index (κ3) is 3.18. The van der Waals surface area contributed by atoms with E-state index in [2.05, 4.69) is 42.9 Å². The van der Waals surface area contributed by atoms with E-state index in [1.54, 1.807) is 17.4 Å². The number of rotatable bonds is 4. The van der Waals surface area contributed by atoms with Gasteiger partial charge in [0.25, 0.3) is 0 Å². The molecule has 3 aromatic rings. The van der Waals surface area contributed by atoms with Crippen molar-refractivity contribution in [1.82, 2.24) is 9.55 Å². The summed E-state index contributed by atoms with van der Waals surface area (Å²) in [5, 5.41) is 2.03. The molecular weight excluding hydrogens is 442 g/mol. The molecule has 0 radical (unpaired) electrons. The van der Waals surface area contributed by atoms with Gasteiger partial charge in [0.2, 0.25) is 0 Å². The van der Waals surface area contributed by atoms with Crippen LogP contribution in [0.25, 0.3) is 11.0 Å². The Labute approximate surface area is 147 Å². The number of nitrogens with zero attached hydrogens (tertiary/aromatic N) is 2. The van der Waals surface area contributed by atoms with Gasteiger partial charge >= 0.3 is 0 Å². The van der Waals surface area contributed by atoms with Crippen LogP contribution in [0, 0.1) is 5.82 Å². The Morgan fingerprint density at radius 2 is 2.10 bits per heavy atom. The van der Waals surface area contributed by atoms with E-state index in [1.165, 1.54) is 10.9 Å². The number of imidazole rings is 1. The summed E-state index contributed by atoms with van der Waals surface area (Å²) in [7, 11) is 0. The van der Waals surface area contributed by atoms with Crippen molar-refractivity contribution >= 4 is 65.8 Å². The molecular formula is C14H10Br2ClFN2S. The number of alkyl halides is 1. The van der Waals surface area contributed by atoms with Gasteiger partial charge in [0.15, 0.2) is 0 Å². The van der Waals surface area contributed by atoms with Crippen molar-refractivity contribution in [2.24, 2.45) is 0 Å². The Morgan fingerprint density at radius 3 is 2.76 bits per heavy atom. The maximum atomic E-state index is 13.8. The van der Waals surface area contributed by atoms with Crippen molar-refractivity contribution in [2.45, 2.75) is 13.0 Å². The van der Waals surface area contributed by atoms with E-state index >= 15 is 0 Å². The zero-order chi connectivity index (χ0) is 15.0. The predicted molar refractivity (Wildman–Crippen MR) is 92.9 cm³/mol. The summed E-state index contributed by atoms with van der Waals surface area (Å²) in [4.78, 5) is 5.76. The van der Waals surface area contributed by atoms with Crippen molar-refractivity contribution in [3.63, 3.8) is 0 Å². The van der Waals surface area contributed by atoms with Gasteiger partial charge in [-0.05, 0) is 44.0 Å². The molecule has 21 heavy (non-hydrogen) atoms. The van der Waals surface area contributed by atoms with Gasteiger partial charge in [0.1, 0.15) is 11.6 Å². The first-order valence-electron chi connectivity index (χ1n) is 6.21. The highest BCUT2D eigenvalue weighted by Gasteiger charge is 2.14. The van der Waals surface area contributed by atoms with Crippen LogP contribution in [0.3, 0.4) is 0 Å². The third-order valence-electron chi connectivity index (χ3n) is 3.12. The molecule has 0 aliphatic heterocycles. The van der Waals surface area contributed by atoms with E-state index < -0.39 is 0 Å². The van der Waals surface area contributed by atoms with E-state index in [1.807, 2.05) is 9.95 Å². The Bertz CT molecular complexity index is 800. The van der Waals surface area contributed by atoms with Gasteiger partial charge in [0, 0.05) is 33.1 Å². The average molecular weight is 453 g/mol. The summed E-state index contributed by atoms with van der Waals surface area (Å²) in [5.41, 5.74) is 1.57. The van der Waals surface area contributed by atoms with Gasteiger partial charge in [-0.1, -0.05) is 0 Å². The lowest BCUT2D eigenvalue weighted by Gasteiger charge is -2.07. The molecule has 0 bridgehead atoms. The van der Waals surface area contributed by atoms with Crippen molar-refractivity contribution in [3.8, 4) is 0 Å². The molecule has 0 saturated heterocycles. The van der Waals surface area contributed by atoms with E-state index in [0.29, 0.717) is 23.3 Å².